The predicted molar refractivity (Wildman–Crippen MR) is 86.0 cm³/mol. The maximum atomic E-state index is 12.2. The average Bonchev–Trinajstić information content (AvgIpc) is 2.50. The smallest absolute Gasteiger partial charge is 0.133 e. The number of carbonyl (C=O) groups excluding carboxylic acids is 1. The molecule has 116 valence electrons. The van der Waals surface area contributed by atoms with Crippen LogP contribution in [0.2, 0.25) is 0 Å². The van der Waals surface area contributed by atoms with Gasteiger partial charge in [0.25, 0.3) is 0 Å². The SMILES string of the molecule is C=CCN1CC[C@]23CC(=O)CC[C@H]2[C@@H]1Cc1ccc(O)cc13. The van der Waals surface area contributed by atoms with Gasteiger partial charge in [-0.25, -0.2) is 0 Å². The molecule has 1 saturated heterocycles. The molecule has 22 heavy (non-hydrogen) atoms. The summed E-state index contributed by atoms with van der Waals surface area (Å²) in [4.78, 5) is 14.8. The lowest BCUT2D eigenvalue weighted by Crippen LogP contribution is -2.61. The molecule has 2 fully saturated rings. The van der Waals surface area contributed by atoms with Gasteiger partial charge in [-0.3, -0.25) is 9.69 Å². The Balaban J connectivity index is 1.85. The number of hydrogen-bond donors (Lipinski definition) is 1. The molecule has 3 nitrogen and oxygen atoms in total. The fourth-order valence-corrected chi connectivity index (χ4v) is 5.29. The van der Waals surface area contributed by atoms with Crippen molar-refractivity contribution in [2.45, 2.75) is 43.6 Å². The van der Waals surface area contributed by atoms with Gasteiger partial charge < -0.3 is 5.11 Å². The van der Waals surface area contributed by atoms with Crippen LogP contribution in [0.15, 0.2) is 30.9 Å². The molecule has 1 saturated carbocycles. The number of phenols is 1. The number of likely N-dealkylation sites (tertiary alicyclic amines) is 1. The van der Waals surface area contributed by atoms with Crippen molar-refractivity contribution in [2.75, 3.05) is 13.1 Å². The van der Waals surface area contributed by atoms with Gasteiger partial charge in [-0.15, -0.1) is 6.58 Å². The van der Waals surface area contributed by atoms with Crippen molar-refractivity contribution in [3.63, 3.8) is 0 Å². The molecular weight excluding hydrogens is 274 g/mol. The summed E-state index contributed by atoms with van der Waals surface area (Å²) in [5, 5.41) is 9.97. The third-order valence-corrected chi connectivity index (χ3v) is 6.16. The number of fused-ring (bicyclic) bond motifs is 1. The standard InChI is InChI=1S/C19H23NO2/c1-2-8-20-9-7-19-12-15(22)5-6-16(19)18(20)10-13-3-4-14(21)11-17(13)19/h2-4,11,16,18,21H,1,5-10,12H2/t16-,18-,19-/m0/s1. The van der Waals surface area contributed by atoms with Gasteiger partial charge in [-0.2, -0.15) is 0 Å². The van der Waals surface area contributed by atoms with Crippen LogP contribution < -0.4 is 0 Å². The summed E-state index contributed by atoms with van der Waals surface area (Å²) in [7, 11) is 0. The van der Waals surface area contributed by atoms with Crippen LogP contribution in [0, 0.1) is 5.92 Å². The molecule has 3 aliphatic rings. The molecule has 0 radical (unpaired) electrons. The second kappa shape index (κ2) is 4.95. The van der Waals surface area contributed by atoms with Gasteiger partial charge in [-0.05, 0) is 55.0 Å². The van der Waals surface area contributed by atoms with Crippen LogP contribution in [0.4, 0.5) is 0 Å². The van der Waals surface area contributed by atoms with Crippen molar-refractivity contribution in [3.8, 4) is 5.75 Å². The van der Waals surface area contributed by atoms with E-state index in [0.29, 0.717) is 29.9 Å². The predicted octanol–water partition coefficient (Wildman–Crippen LogP) is 2.82. The number of ketones is 1. The summed E-state index contributed by atoms with van der Waals surface area (Å²) in [6.45, 7) is 5.85. The van der Waals surface area contributed by atoms with Crippen molar-refractivity contribution in [1.82, 2.24) is 4.90 Å². The number of nitrogens with zero attached hydrogens (tertiary/aromatic N) is 1. The van der Waals surface area contributed by atoms with Gasteiger partial charge in [0, 0.05) is 30.8 Å². The molecule has 3 heteroatoms. The lowest BCUT2D eigenvalue weighted by atomic mass is 9.52. The number of hydrogen-bond acceptors (Lipinski definition) is 3. The van der Waals surface area contributed by atoms with Crippen molar-refractivity contribution >= 4 is 5.78 Å². The van der Waals surface area contributed by atoms with E-state index in [4.69, 9.17) is 0 Å². The van der Waals surface area contributed by atoms with Crippen LogP contribution >= 0.6 is 0 Å². The molecule has 0 amide bonds. The second-order valence-corrected chi connectivity index (χ2v) is 7.16. The minimum Gasteiger partial charge on any atom is -0.508 e. The van der Waals surface area contributed by atoms with E-state index in [9.17, 15) is 9.90 Å². The molecule has 1 heterocycles. The van der Waals surface area contributed by atoms with E-state index in [0.717, 1.165) is 38.8 Å². The molecule has 3 atom stereocenters. The quantitative estimate of drug-likeness (QED) is 0.853. The Morgan fingerprint density at radius 1 is 1.45 bits per heavy atom. The minimum atomic E-state index is -0.0377. The van der Waals surface area contributed by atoms with Gasteiger partial charge in [0.15, 0.2) is 0 Å². The highest BCUT2D eigenvalue weighted by Gasteiger charge is 2.55. The fraction of sp³-hybridized carbons (Fsp3) is 0.526. The summed E-state index contributed by atoms with van der Waals surface area (Å²) in [6, 6.07) is 6.29. The molecule has 0 spiro atoms. The van der Waals surface area contributed by atoms with E-state index >= 15 is 0 Å². The molecule has 2 aliphatic carbocycles. The highest BCUT2D eigenvalue weighted by atomic mass is 16.3. The first-order chi connectivity index (χ1) is 10.6. The van der Waals surface area contributed by atoms with Crippen LogP contribution in [-0.4, -0.2) is 34.9 Å². The third-order valence-electron chi connectivity index (χ3n) is 6.16. The topological polar surface area (TPSA) is 40.5 Å². The number of rotatable bonds is 2. The monoisotopic (exact) mass is 297 g/mol. The van der Waals surface area contributed by atoms with E-state index in [2.05, 4.69) is 17.5 Å². The number of aromatic hydroxyl groups is 1. The molecule has 1 aromatic rings. The van der Waals surface area contributed by atoms with E-state index in [1.54, 1.807) is 6.07 Å². The average molecular weight is 297 g/mol. The first-order valence-corrected chi connectivity index (χ1v) is 8.33. The number of phenolic OH excluding ortho intramolecular Hbond substituents is 1. The fourth-order valence-electron chi connectivity index (χ4n) is 5.29. The van der Waals surface area contributed by atoms with E-state index < -0.39 is 0 Å². The molecule has 1 aliphatic heterocycles. The minimum absolute atomic E-state index is 0.0377. The Bertz CT molecular complexity index is 638. The van der Waals surface area contributed by atoms with E-state index in [1.807, 2.05) is 12.1 Å². The lowest BCUT2D eigenvalue weighted by Gasteiger charge is -2.58. The first kappa shape index (κ1) is 14.0. The Morgan fingerprint density at radius 3 is 3.14 bits per heavy atom. The highest BCUT2D eigenvalue weighted by Crippen LogP contribution is 2.55. The van der Waals surface area contributed by atoms with Gasteiger partial charge in [0.05, 0.1) is 0 Å². The maximum absolute atomic E-state index is 12.2. The van der Waals surface area contributed by atoms with Gasteiger partial charge in [-0.1, -0.05) is 12.1 Å². The zero-order valence-electron chi connectivity index (χ0n) is 12.9. The zero-order valence-corrected chi connectivity index (χ0v) is 12.9. The van der Waals surface area contributed by atoms with Gasteiger partial charge >= 0.3 is 0 Å². The molecule has 0 unspecified atom stereocenters. The maximum Gasteiger partial charge on any atom is 0.133 e. The summed E-state index contributed by atoms with van der Waals surface area (Å²) < 4.78 is 0. The van der Waals surface area contributed by atoms with E-state index in [1.165, 1.54) is 11.1 Å². The van der Waals surface area contributed by atoms with Gasteiger partial charge in [0.2, 0.25) is 0 Å². The highest BCUT2D eigenvalue weighted by molar-refractivity contribution is 5.81. The first-order valence-electron chi connectivity index (χ1n) is 8.33. The van der Waals surface area contributed by atoms with Gasteiger partial charge in [0.1, 0.15) is 11.5 Å². The number of carbonyl (C=O) groups is 1. The summed E-state index contributed by atoms with van der Waals surface area (Å²) >= 11 is 0. The van der Waals surface area contributed by atoms with E-state index in [-0.39, 0.29) is 5.41 Å². The Kier molecular flexibility index (Phi) is 3.15. The lowest BCUT2D eigenvalue weighted by molar-refractivity contribution is -0.127. The van der Waals surface area contributed by atoms with Crippen molar-refractivity contribution < 1.29 is 9.90 Å². The van der Waals surface area contributed by atoms with Crippen LogP contribution in [0.5, 0.6) is 5.75 Å². The molecular formula is C19H23NO2. The van der Waals surface area contributed by atoms with Crippen LogP contribution in [-0.2, 0) is 16.6 Å². The molecule has 1 N–H and O–H groups in total. The number of benzene rings is 1. The summed E-state index contributed by atoms with van der Waals surface area (Å²) in [5.74, 6) is 1.26. The van der Waals surface area contributed by atoms with Crippen molar-refractivity contribution in [3.05, 3.63) is 42.0 Å². The number of piperidine rings is 1. The van der Waals surface area contributed by atoms with Crippen LogP contribution in [0.1, 0.15) is 36.8 Å². The molecule has 4 rings (SSSR count). The van der Waals surface area contributed by atoms with Crippen LogP contribution in [0.25, 0.3) is 0 Å². The Morgan fingerprint density at radius 2 is 2.32 bits per heavy atom. The Hall–Kier alpha value is -1.61. The van der Waals surface area contributed by atoms with Crippen molar-refractivity contribution in [2.24, 2.45) is 5.92 Å². The summed E-state index contributed by atoms with van der Waals surface area (Å²) in [6.07, 6.45) is 6.42. The largest absolute Gasteiger partial charge is 0.508 e. The zero-order chi connectivity index (χ0) is 15.3. The Labute approximate surface area is 131 Å². The molecule has 0 aromatic heterocycles. The van der Waals surface area contributed by atoms with Crippen LogP contribution in [0.3, 0.4) is 0 Å². The normalized spacial score (nSPS) is 33.9. The molecule has 2 bridgehead atoms. The third kappa shape index (κ3) is 1.88. The van der Waals surface area contributed by atoms with Crippen molar-refractivity contribution in [1.29, 1.82) is 0 Å². The molecule has 1 aromatic carbocycles. The summed E-state index contributed by atoms with van der Waals surface area (Å²) in [5.41, 5.74) is 2.53. The second-order valence-electron chi connectivity index (χ2n) is 7.16. The number of Topliss-reactive ketones (excluding diaryl/α,β-unsaturated/α-hetero) is 1.